The van der Waals surface area contributed by atoms with E-state index in [9.17, 15) is 0 Å². The first-order chi connectivity index (χ1) is 5.16. The van der Waals surface area contributed by atoms with E-state index in [0.29, 0.717) is 0 Å². The number of hydrogen-bond donors (Lipinski definition) is 0. The van der Waals surface area contributed by atoms with Crippen LogP contribution in [0.25, 0.3) is 0 Å². The summed E-state index contributed by atoms with van der Waals surface area (Å²) in [6.45, 7) is 8.18. The molecule has 0 aromatic heterocycles. The highest BCUT2D eigenvalue weighted by Crippen LogP contribution is 2.02. The molecule has 0 unspecified atom stereocenters. The monoisotopic (exact) mass is 154 g/mol. The molecule has 64 valence electrons. The number of rotatable bonds is 4. The fourth-order valence-electron chi connectivity index (χ4n) is 0.607. The summed E-state index contributed by atoms with van der Waals surface area (Å²) < 4.78 is 5.30. The molecule has 0 rings (SSSR count). The van der Waals surface area contributed by atoms with Gasteiger partial charge >= 0.3 is 0 Å². The molecule has 0 aliphatic rings. The van der Waals surface area contributed by atoms with Gasteiger partial charge in [-0.3, -0.25) is 0 Å². The lowest BCUT2D eigenvalue weighted by molar-refractivity contribution is 0.347. The maximum Gasteiger partial charge on any atom is 0.0961 e. The molecule has 1 heteroatoms. The van der Waals surface area contributed by atoms with Gasteiger partial charge in [-0.1, -0.05) is 13.3 Å². The summed E-state index contributed by atoms with van der Waals surface area (Å²) in [5, 5.41) is 0. The number of unbranched alkanes of at least 4 members (excludes halogenated alkanes) is 1. The molecule has 0 spiro atoms. The standard InChI is InChI=1S/C10H18O/c1-5-6-7-10(4)11-8-9(2)3/h7-8H,5-6H2,1-4H3/b10-7-. The first-order valence-corrected chi connectivity index (χ1v) is 4.13. The maximum absolute atomic E-state index is 5.30. The number of ether oxygens (including phenoxy) is 1. The third-order valence-electron chi connectivity index (χ3n) is 1.20. The molecule has 0 radical (unpaired) electrons. The van der Waals surface area contributed by atoms with E-state index in [1.165, 1.54) is 12.0 Å². The van der Waals surface area contributed by atoms with E-state index in [1.54, 1.807) is 6.26 Å². The van der Waals surface area contributed by atoms with Crippen LogP contribution in [0.5, 0.6) is 0 Å². The molecule has 1 nitrogen and oxygen atoms in total. The molecule has 0 fully saturated rings. The summed E-state index contributed by atoms with van der Waals surface area (Å²) in [7, 11) is 0. The van der Waals surface area contributed by atoms with Gasteiger partial charge in [-0.2, -0.15) is 0 Å². The molecule has 0 aromatic carbocycles. The van der Waals surface area contributed by atoms with Gasteiger partial charge in [0.2, 0.25) is 0 Å². The van der Waals surface area contributed by atoms with Crippen molar-refractivity contribution in [2.75, 3.05) is 0 Å². The van der Waals surface area contributed by atoms with Crippen molar-refractivity contribution in [1.82, 2.24) is 0 Å². The molecule has 0 bridgehead atoms. The molecule has 0 saturated heterocycles. The van der Waals surface area contributed by atoms with Crippen molar-refractivity contribution in [2.45, 2.75) is 40.5 Å². The largest absolute Gasteiger partial charge is 0.470 e. The molecule has 0 heterocycles. The first kappa shape index (κ1) is 10.3. The quantitative estimate of drug-likeness (QED) is 0.562. The van der Waals surface area contributed by atoms with Gasteiger partial charge in [0.25, 0.3) is 0 Å². The molecular weight excluding hydrogens is 136 g/mol. The minimum Gasteiger partial charge on any atom is -0.470 e. The summed E-state index contributed by atoms with van der Waals surface area (Å²) in [6, 6.07) is 0. The van der Waals surface area contributed by atoms with Crippen LogP contribution in [0.1, 0.15) is 40.5 Å². The average molecular weight is 154 g/mol. The Morgan fingerprint density at radius 1 is 1.27 bits per heavy atom. The van der Waals surface area contributed by atoms with Gasteiger partial charge in [0.15, 0.2) is 0 Å². The molecule has 0 aromatic rings. The second-order valence-corrected chi connectivity index (χ2v) is 2.92. The van der Waals surface area contributed by atoms with E-state index in [-0.39, 0.29) is 0 Å². The summed E-state index contributed by atoms with van der Waals surface area (Å²) >= 11 is 0. The molecule has 0 atom stereocenters. The Bertz CT molecular complexity index is 150. The van der Waals surface area contributed by atoms with Crippen molar-refractivity contribution in [3.63, 3.8) is 0 Å². The Balaban J connectivity index is 3.68. The van der Waals surface area contributed by atoms with Crippen molar-refractivity contribution in [1.29, 1.82) is 0 Å². The van der Waals surface area contributed by atoms with Crippen LogP contribution in [-0.4, -0.2) is 0 Å². The van der Waals surface area contributed by atoms with Gasteiger partial charge in [0.1, 0.15) is 0 Å². The van der Waals surface area contributed by atoms with E-state index in [0.717, 1.165) is 12.2 Å². The molecule has 0 N–H and O–H groups in total. The van der Waals surface area contributed by atoms with Crippen molar-refractivity contribution >= 4 is 0 Å². The normalized spacial score (nSPS) is 11.1. The Morgan fingerprint density at radius 2 is 1.91 bits per heavy atom. The van der Waals surface area contributed by atoms with E-state index in [1.807, 2.05) is 20.8 Å². The predicted molar refractivity (Wildman–Crippen MR) is 49.2 cm³/mol. The molecule has 0 amide bonds. The van der Waals surface area contributed by atoms with Crippen LogP contribution in [-0.2, 0) is 4.74 Å². The predicted octanol–water partition coefficient (Wildman–Crippen LogP) is 3.63. The zero-order valence-corrected chi connectivity index (χ0v) is 7.98. The van der Waals surface area contributed by atoms with E-state index < -0.39 is 0 Å². The minimum atomic E-state index is 0.994. The van der Waals surface area contributed by atoms with Crippen LogP contribution in [0, 0.1) is 0 Å². The third kappa shape index (κ3) is 7.17. The second-order valence-electron chi connectivity index (χ2n) is 2.92. The lowest BCUT2D eigenvalue weighted by atomic mass is 10.3. The fraction of sp³-hybridized carbons (Fsp3) is 0.600. The lowest BCUT2D eigenvalue weighted by Crippen LogP contribution is -1.79. The Hall–Kier alpha value is -0.720. The van der Waals surface area contributed by atoms with Crippen molar-refractivity contribution in [3.8, 4) is 0 Å². The highest BCUT2D eigenvalue weighted by Gasteiger charge is 1.84. The summed E-state index contributed by atoms with van der Waals surface area (Å²) in [5.41, 5.74) is 1.19. The highest BCUT2D eigenvalue weighted by atomic mass is 16.5. The van der Waals surface area contributed by atoms with Crippen molar-refractivity contribution in [3.05, 3.63) is 23.7 Å². The molecule has 0 saturated carbocycles. The maximum atomic E-state index is 5.30. The van der Waals surface area contributed by atoms with Crippen LogP contribution in [0.4, 0.5) is 0 Å². The van der Waals surface area contributed by atoms with Crippen LogP contribution in [0.2, 0.25) is 0 Å². The smallest absolute Gasteiger partial charge is 0.0961 e. The average Bonchev–Trinajstić information content (AvgIpc) is 1.97. The zero-order valence-electron chi connectivity index (χ0n) is 7.98. The zero-order chi connectivity index (χ0) is 8.69. The van der Waals surface area contributed by atoms with Gasteiger partial charge in [0, 0.05) is 0 Å². The molecular formula is C10H18O. The summed E-state index contributed by atoms with van der Waals surface area (Å²) in [4.78, 5) is 0. The number of hydrogen-bond acceptors (Lipinski definition) is 1. The third-order valence-corrected chi connectivity index (χ3v) is 1.20. The highest BCUT2D eigenvalue weighted by molar-refractivity contribution is 4.94. The molecule has 0 aliphatic carbocycles. The number of allylic oxidation sites excluding steroid dienone is 3. The van der Waals surface area contributed by atoms with Crippen LogP contribution < -0.4 is 0 Å². The lowest BCUT2D eigenvalue weighted by Gasteiger charge is -1.99. The first-order valence-electron chi connectivity index (χ1n) is 4.13. The van der Waals surface area contributed by atoms with Crippen LogP contribution in [0.15, 0.2) is 23.7 Å². The van der Waals surface area contributed by atoms with E-state index in [2.05, 4.69) is 13.0 Å². The van der Waals surface area contributed by atoms with Gasteiger partial charge in [-0.05, 0) is 38.8 Å². The molecule has 0 aliphatic heterocycles. The van der Waals surface area contributed by atoms with Crippen molar-refractivity contribution < 1.29 is 4.74 Å². The van der Waals surface area contributed by atoms with Gasteiger partial charge in [-0.25, -0.2) is 0 Å². The van der Waals surface area contributed by atoms with Crippen LogP contribution in [0.3, 0.4) is 0 Å². The van der Waals surface area contributed by atoms with Gasteiger partial charge in [-0.15, -0.1) is 0 Å². The second kappa shape index (κ2) is 6.02. The Morgan fingerprint density at radius 3 is 2.36 bits per heavy atom. The molecule has 11 heavy (non-hydrogen) atoms. The fourth-order valence-corrected chi connectivity index (χ4v) is 0.607. The van der Waals surface area contributed by atoms with Gasteiger partial charge < -0.3 is 4.74 Å². The summed E-state index contributed by atoms with van der Waals surface area (Å²) in [6.07, 6.45) is 6.17. The Kier molecular flexibility index (Phi) is 5.63. The SMILES string of the molecule is CCC/C=C(/C)OC=C(C)C. The van der Waals surface area contributed by atoms with E-state index >= 15 is 0 Å². The van der Waals surface area contributed by atoms with Crippen molar-refractivity contribution in [2.24, 2.45) is 0 Å². The minimum absolute atomic E-state index is 0.994. The van der Waals surface area contributed by atoms with Crippen LogP contribution >= 0.6 is 0 Å². The van der Waals surface area contributed by atoms with E-state index in [4.69, 9.17) is 4.74 Å². The topological polar surface area (TPSA) is 9.23 Å². The summed E-state index contributed by atoms with van der Waals surface area (Å²) in [5.74, 6) is 0.994. The van der Waals surface area contributed by atoms with Gasteiger partial charge in [0.05, 0.1) is 12.0 Å². The Labute approximate surface area is 69.8 Å².